The van der Waals surface area contributed by atoms with E-state index in [1.807, 2.05) is 0 Å². The summed E-state index contributed by atoms with van der Waals surface area (Å²) in [4.78, 5) is 20.2. The van der Waals surface area contributed by atoms with Gasteiger partial charge in [0.15, 0.2) is 11.7 Å². The monoisotopic (exact) mass is 290 g/mol. The molecule has 82 valence electrons. The number of rotatable bonds is 1. The first-order valence-corrected chi connectivity index (χ1v) is 5.11. The Morgan fingerprint density at radius 1 is 1.40 bits per heavy atom. The molecule has 0 aromatic carbocycles. The molecule has 15 heavy (non-hydrogen) atoms. The van der Waals surface area contributed by atoms with Crippen LogP contribution < -0.4 is 11.5 Å². The van der Waals surface area contributed by atoms with Crippen molar-refractivity contribution in [1.82, 2.24) is 4.98 Å². The average Bonchev–Trinajstić information content (AvgIpc) is 2.47. The summed E-state index contributed by atoms with van der Waals surface area (Å²) in [6.45, 7) is 0. The van der Waals surface area contributed by atoms with Crippen molar-refractivity contribution in [3.63, 3.8) is 0 Å². The number of nitrogens with two attached hydrogens (primary N) is 2. The van der Waals surface area contributed by atoms with Gasteiger partial charge < -0.3 is 11.5 Å². The molecule has 1 heterocycles. The van der Waals surface area contributed by atoms with Crippen LogP contribution in [0.4, 0.5) is 5.13 Å². The molecular weight excluding hydrogens is 280 g/mol. The van der Waals surface area contributed by atoms with Gasteiger partial charge in [-0.25, -0.2) is 4.98 Å². The minimum atomic E-state index is -0.0245. The Bertz CT molecular complexity index is 411. The second kappa shape index (κ2) is 4.71. The predicted molar refractivity (Wildman–Crippen MR) is 65.2 cm³/mol. The lowest BCUT2D eigenvalue weighted by atomic mass is 10.0. The highest BCUT2D eigenvalue weighted by Gasteiger charge is 2.21. The molecule has 0 aliphatic heterocycles. The van der Waals surface area contributed by atoms with Crippen molar-refractivity contribution in [3.05, 3.63) is 10.6 Å². The van der Waals surface area contributed by atoms with E-state index in [0.29, 0.717) is 11.6 Å². The first kappa shape index (κ1) is 12.1. The summed E-state index contributed by atoms with van der Waals surface area (Å²) < 4.78 is 0. The summed E-state index contributed by atoms with van der Waals surface area (Å²) in [6, 6.07) is 0. The number of thiazole rings is 1. The number of aryl methyl sites for hydroxylation is 1. The van der Waals surface area contributed by atoms with Gasteiger partial charge >= 0.3 is 0 Å². The highest BCUT2D eigenvalue weighted by molar-refractivity contribution is 8.93. The Kier molecular flexibility index (Phi) is 3.81. The fourth-order valence-corrected chi connectivity index (χ4v) is 2.39. The summed E-state index contributed by atoms with van der Waals surface area (Å²) in [7, 11) is 0. The third-order valence-electron chi connectivity index (χ3n) is 1.98. The molecule has 0 amide bonds. The predicted octanol–water partition coefficient (Wildman–Crippen LogP) is 1.14. The second-order valence-electron chi connectivity index (χ2n) is 3.09. The van der Waals surface area contributed by atoms with Gasteiger partial charge in [0.25, 0.3) is 0 Å². The third-order valence-corrected chi connectivity index (χ3v) is 3.01. The van der Waals surface area contributed by atoms with Crippen LogP contribution in [-0.2, 0) is 6.42 Å². The lowest BCUT2D eigenvalue weighted by Gasteiger charge is -2.05. The maximum Gasteiger partial charge on any atom is 0.213 e. The number of guanidine groups is 1. The SMILES string of the molecule is Br.NC(N)=Nc1nc2c(s1)C(=O)CCC2. The lowest BCUT2D eigenvalue weighted by molar-refractivity contribution is 0.0976. The van der Waals surface area contributed by atoms with Crippen molar-refractivity contribution in [2.75, 3.05) is 0 Å². The van der Waals surface area contributed by atoms with Crippen LogP contribution in [0, 0.1) is 0 Å². The van der Waals surface area contributed by atoms with Crippen LogP contribution >= 0.6 is 28.3 Å². The van der Waals surface area contributed by atoms with Gasteiger partial charge in [-0.2, -0.15) is 4.99 Å². The number of aliphatic imine (C=N–C) groups is 1. The maximum absolute atomic E-state index is 11.4. The molecule has 1 aromatic rings. The van der Waals surface area contributed by atoms with Crippen molar-refractivity contribution in [2.45, 2.75) is 19.3 Å². The van der Waals surface area contributed by atoms with Crippen molar-refractivity contribution >= 4 is 45.2 Å². The fourth-order valence-electron chi connectivity index (χ4n) is 1.41. The Morgan fingerprint density at radius 2 is 2.13 bits per heavy atom. The maximum atomic E-state index is 11.4. The standard InChI is InChI=1S/C8H10N4OS.BrH/c9-7(10)12-8-11-4-2-1-3-5(13)6(4)14-8;/h1-3H2,(H4,9,10,11,12);1H. The Labute approximate surface area is 101 Å². The highest BCUT2D eigenvalue weighted by atomic mass is 79.9. The van der Waals surface area contributed by atoms with Crippen LogP contribution in [0.15, 0.2) is 4.99 Å². The number of hydrogen-bond donors (Lipinski definition) is 2. The first-order chi connectivity index (χ1) is 6.66. The van der Waals surface area contributed by atoms with Gasteiger partial charge in [0.1, 0.15) is 0 Å². The Balaban J connectivity index is 0.00000112. The number of carbonyl (C=O) groups excluding carboxylic acids is 1. The Morgan fingerprint density at radius 3 is 2.73 bits per heavy atom. The molecule has 0 saturated carbocycles. The summed E-state index contributed by atoms with van der Waals surface area (Å²) >= 11 is 1.26. The normalized spacial score (nSPS) is 14.0. The van der Waals surface area contributed by atoms with Gasteiger partial charge in [0, 0.05) is 6.42 Å². The first-order valence-electron chi connectivity index (χ1n) is 4.29. The number of hydrogen-bond acceptors (Lipinski definition) is 4. The van der Waals surface area contributed by atoms with E-state index in [-0.39, 0.29) is 28.7 Å². The van der Waals surface area contributed by atoms with Crippen LogP contribution in [0.5, 0.6) is 0 Å². The quantitative estimate of drug-likeness (QED) is 0.599. The number of carbonyl (C=O) groups is 1. The molecule has 2 rings (SSSR count). The third kappa shape index (κ3) is 2.54. The number of Topliss-reactive ketones (excluding diaryl/α,β-unsaturated/α-hetero) is 1. The highest BCUT2D eigenvalue weighted by Crippen LogP contribution is 2.30. The minimum absolute atomic E-state index is 0. The molecule has 0 radical (unpaired) electrons. The molecule has 5 nitrogen and oxygen atoms in total. The van der Waals surface area contributed by atoms with Gasteiger partial charge in [-0.15, -0.1) is 17.0 Å². The van der Waals surface area contributed by atoms with E-state index in [4.69, 9.17) is 11.5 Å². The largest absolute Gasteiger partial charge is 0.370 e. The van der Waals surface area contributed by atoms with E-state index in [9.17, 15) is 4.79 Å². The number of fused-ring (bicyclic) bond motifs is 1. The zero-order valence-corrected chi connectivity index (χ0v) is 10.4. The summed E-state index contributed by atoms with van der Waals surface area (Å²) in [6.07, 6.45) is 2.32. The van der Waals surface area contributed by atoms with E-state index in [1.54, 1.807) is 0 Å². The number of aromatic nitrogens is 1. The zero-order chi connectivity index (χ0) is 10.1. The molecule has 0 saturated heterocycles. The van der Waals surface area contributed by atoms with E-state index in [2.05, 4.69) is 9.98 Å². The molecule has 0 atom stereocenters. The van der Waals surface area contributed by atoms with Crippen molar-refractivity contribution in [2.24, 2.45) is 16.5 Å². The molecule has 1 aliphatic carbocycles. The average molecular weight is 291 g/mol. The lowest BCUT2D eigenvalue weighted by Crippen LogP contribution is -2.21. The fraction of sp³-hybridized carbons (Fsp3) is 0.375. The van der Waals surface area contributed by atoms with Crippen molar-refractivity contribution < 1.29 is 4.79 Å². The van der Waals surface area contributed by atoms with E-state index in [0.717, 1.165) is 23.4 Å². The van der Waals surface area contributed by atoms with Gasteiger partial charge in [0.2, 0.25) is 5.13 Å². The zero-order valence-electron chi connectivity index (χ0n) is 7.90. The molecule has 7 heteroatoms. The van der Waals surface area contributed by atoms with Crippen LogP contribution in [-0.4, -0.2) is 16.7 Å². The molecule has 1 aromatic heterocycles. The molecule has 1 aliphatic rings. The van der Waals surface area contributed by atoms with E-state index >= 15 is 0 Å². The number of ketones is 1. The van der Waals surface area contributed by atoms with Gasteiger partial charge in [-0.1, -0.05) is 11.3 Å². The van der Waals surface area contributed by atoms with Crippen LogP contribution in [0.25, 0.3) is 0 Å². The summed E-state index contributed by atoms with van der Waals surface area (Å²) in [5.74, 6) is 0.129. The van der Waals surface area contributed by atoms with Crippen molar-refractivity contribution in [1.29, 1.82) is 0 Å². The molecule has 0 bridgehead atoms. The Hall–Kier alpha value is -0.950. The molecule has 0 unspecified atom stereocenters. The van der Waals surface area contributed by atoms with Crippen LogP contribution in [0.3, 0.4) is 0 Å². The van der Waals surface area contributed by atoms with Crippen LogP contribution in [0.1, 0.15) is 28.2 Å². The molecule has 0 fully saturated rings. The number of halogens is 1. The van der Waals surface area contributed by atoms with Gasteiger partial charge in [-0.3, -0.25) is 4.79 Å². The van der Waals surface area contributed by atoms with Gasteiger partial charge in [0.05, 0.1) is 10.6 Å². The molecule has 4 N–H and O–H groups in total. The summed E-state index contributed by atoms with van der Waals surface area (Å²) in [5, 5.41) is 0.477. The molecule has 0 spiro atoms. The number of nitrogens with zero attached hydrogens (tertiary/aromatic N) is 2. The second-order valence-corrected chi connectivity index (χ2v) is 4.06. The van der Waals surface area contributed by atoms with Crippen molar-refractivity contribution in [3.8, 4) is 0 Å². The van der Waals surface area contributed by atoms with Gasteiger partial charge in [-0.05, 0) is 12.8 Å². The summed E-state index contributed by atoms with van der Waals surface area (Å²) in [5.41, 5.74) is 11.3. The molecular formula is C8H11BrN4OS. The van der Waals surface area contributed by atoms with E-state index < -0.39 is 0 Å². The van der Waals surface area contributed by atoms with E-state index in [1.165, 1.54) is 11.3 Å². The minimum Gasteiger partial charge on any atom is -0.370 e. The smallest absolute Gasteiger partial charge is 0.213 e. The topological polar surface area (TPSA) is 94.4 Å². The van der Waals surface area contributed by atoms with Crippen LogP contribution in [0.2, 0.25) is 0 Å².